The van der Waals surface area contributed by atoms with Gasteiger partial charge >= 0.3 is 5.97 Å². The first-order valence-electron chi connectivity index (χ1n) is 9.77. The summed E-state index contributed by atoms with van der Waals surface area (Å²) < 4.78 is 21.1. The standard InChI is InChI=1S/C24H21NO6/c26-23(25-19-10-11-21-22(13-19)31-16-30-21)14-29-24(27)15-28-20-9-5-4-8-18(20)12-17-6-2-1-3-7-17/h1-11,13H,12,14-16H2,(H,25,26). The van der Waals surface area contributed by atoms with Gasteiger partial charge in [-0.15, -0.1) is 0 Å². The van der Waals surface area contributed by atoms with Crippen molar-refractivity contribution in [2.75, 3.05) is 25.3 Å². The van der Waals surface area contributed by atoms with Crippen LogP contribution in [0.15, 0.2) is 72.8 Å². The van der Waals surface area contributed by atoms with Crippen LogP contribution in [0.1, 0.15) is 11.1 Å². The Morgan fingerprint density at radius 1 is 0.871 bits per heavy atom. The van der Waals surface area contributed by atoms with Crippen LogP contribution in [0.25, 0.3) is 0 Å². The van der Waals surface area contributed by atoms with E-state index in [1.54, 1.807) is 24.3 Å². The smallest absolute Gasteiger partial charge is 0.344 e. The highest BCUT2D eigenvalue weighted by Crippen LogP contribution is 2.34. The number of fused-ring (bicyclic) bond motifs is 1. The number of carbonyl (C=O) groups excluding carboxylic acids is 2. The fraction of sp³-hybridized carbons (Fsp3) is 0.167. The van der Waals surface area contributed by atoms with Crippen LogP contribution in [0.4, 0.5) is 5.69 Å². The Hall–Kier alpha value is -4.00. The molecule has 1 aliphatic rings. The van der Waals surface area contributed by atoms with Crippen LogP contribution in [0.2, 0.25) is 0 Å². The van der Waals surface area contributed by atoms with Gasteiger partial charge < -0.3 is 24.3 Å². The summed E-state index contributed by atoms with van der Waals surface area (Å²) in [5.74, 6) is 0.687. The molecule has 0 atom stereocenters. The lowest BCUT2D eigenvalue weighted by atomic mass is 10.0. The van der Waals surface area contributed by atoms with E-state index in [0.717, 1.165) is 11.1 Å². The van der Waals surface area contributed by atoms with Gasteiger partial charge in [-0.3, -0.25) is 4.79 Å². The van der Waals surface area contributed by atoms with E-state index in [-0.39, 0.29) is 13.4 Å². The van der Waals surface area contributed by atoms with E-state index in [1.807, 2.05) is 48.5 Å². The highest BCUT2D eigenvalue weighted by Gasteiger charge is 2.15. The molecular formula is C24H21NO6. The molecule has 3 aromatic carbocycles. The Bertz CT molecular complexity index is 1070. The highest BCUT2D eigenvalue weighted by molar-refractivity contribution is 5.93. The lowest BCUT2D eigenvalue weighted by molar-refractivity contribution is -0.149. The number of hydrogen-bond acceptors (Lipinski definition) is 6. The molecule has 7 nitrogen and oxygen atoms in total. The second kappa shape index (κ2) is 9.67. The number of para-hydroxylation sites is 1. The molecule has 0 saturated heterocycles. The number of carbonyl (C=O) groups is 2. The molecule has 0 saturated carbocycles. The largest absolute Gasteiger partial charge is 0.482 e. The second-order valence-corrected chi connectivity index (χ2v) is 6.84. The van der Waals surface area contributed by atoms with Crippen LogP contribution in [0.3, 0.4) is 0 Å². The van der Waals surface area contributed by atoms with Gasteiger partial charge in [0.2, 0.25) is 6.79 Å². The first-order chi connectivity index (χ1) is 15.2. The topological polar surface area (TPSA) is 83.1 Å². The molecule has 31 heavy (non-hydrogen) atoms. The van der Waals surface area contributed by atoms with Gasteiger partial charge in [0, 0.05) is 18.2 Å². The van der Waals surface area contributed by atoms with Crippen molar-refractivity contribution in [3.8, 4) is 17.2 Å². The van der Waals surface area contributed by atoms with Crippen molar-refractivity contribution in [1.29, 1.82) is 0 Å². The lowest BCUT2D eigenvalue weighted by Crippen LogP contribution is -2.23. The maximum Gasteiger partial charge on any atom is 0.344 e. The molecule has 0 bridgehead atoms. The van der Waals surface area contributed by atoms with Crippen molar-refractivity contribution in [2.45, 2.75) is 6.42 Å². The zero-order valence-corrected chi connectivity index (χ0v) is 16.7. The minimum atomic E-state index is -0.629. The molecule has 1 N–H and O–H groups in total. The predicted molar refractivity (Wildman–Crippen MR) is 113 cm³/mol. The van der Waals surface area contributed by atoms with Gasteiger partial charge in [-0.1, -0.05) is 48.5 Å². The van der Waals surface area contributed by atoms with E-state index in [0.29, 0.717) is 29.4 Å². The van der Waals surface area contributed by atoms with Crippen LogP contribution in [0.5, 0.6) is 17.2 Å². The number of ether oxygens (including phenoxy) is 4. The summed E-state index contributed by atoms with van der Waals surface area (Å²) in [5, 5.41) is 2.64. The minimum Gasteiger partial charge on any atom is -0.482 e. The van der Waals surface area contributed by atoms with E-state index in [2.05, 4.69) is 5.32 Å². The van der Waals surface area contributed by atoms with Gasteiger partial charge in [-0.25, -0.2) is 4.79 Å². The minimum absolute atomic E-state index is 0.152. The first-order valence-corrected chi connectivity index (χ1v) is 9.77. The van der Waals surface area contributed by atoms with E-state index >= 15 is 0 Å². The molecule has 1 aliphatic heterocycles. The zero-order valence-electron chi connectivity index (χ0n) is 16.7. The monoisotopic (exact) mass is 419 g/mol. The maximum atomic E-state index is 12.0. The van der Waals surface area contributed by atoms with Crippen LogP contribution in [-0.4, -0.2) is 31.9 Å². The summed E-state index contributed by atoms with van der Waals surface area (Å²) in [5.41, 5.74) is 2.62. The van der Waals surface area contributed by atoms with Crippen LogP contribution < -0.4 is 19.5 Å². The molecule has 0 spiro atoms. The Morgan fingerprint density at radius 3 is 2.52 bits per heavy atom. The number of hydrogen-bond donors (Lipinski definition) is 1. The quantitative estimate of drug-likeness (QED) is 0.562. The molecule has 0 unspecified atom stereocenters. The van der Waals surface area contributed by atoms with Crippen LogP contribution in [-0.2, 0) is 20.7 Å². The van der Waals surface area contributed by atoms with Crippen LogP contribution in [0, 0.1) is 0 Å². The summed E-state index contributed by atoms with van der Waals surface area (Å²) in [6.07, 6.45) is 0.685. The Labute approximate surface area is 179 Å². The molecule has 0 fully saturated rings. The number of esters is 1. The summed E-state index contributed by atoms with van der Waals surface area (Å²) in [6, 6.07) is 22.5. The highest BCUT2D eigenvalue weighted by atomic mass is 16.7. The van der Waals surface area contributed by atoms with E-state index in [1.165, 1.54) is 0 Å². The fourth-order valence-electron chi connectivity index (χ4n) is 3.10. The summed E-state index contributed by atoms with van der Waals surface area (Å²) >= 11 is 0. The molecule has 3 aromatic rings. The Morgan fingerprint density at radius 2 is 1.65 bits per heavy atom. The van der Waals surface area contributed by atoms with E-state index in [9.17, 15) is 9.59 Å². The van der Waals surface area contributed by atoms with Gasteiger partial charge in [0.15, 0.2) is 24.7 Å². The van der Waals surface area contributed by atoms with Gasteiger partial charge in [0.25, 0.3) is 5.91 Å². The number of benzene rings is 3. The molecule has 158 valence electrons. The molecule has 0 aliphatic carbocycles. The fourth-order valence-corrected chi connectivity index (χ4v) is 3.10. The second-order valence-electron chi connectivity index (χ2n) is 6.84. The first kappa shape index (κ1) is 20.3. The van der Waals surface area contributed by atoms with Crippen molar-refractivity contribution in [2.24, 2.45) is 0 Å². The van der Waals surface area contributed by atoms with Crippen molar-refractivity contribution < 1.29 is 28.5 Å². The zero-order chi connectivity index (χ0) is 21.5. The summed E-state index contributed by atoms with van der Waals surface area (Å²) in [4.78, 5) is 24.1. The van der Waals surface area contributed by atoms with Gasteiger partial charge in [-0.2, -0.15) is 0 Å². The predicted octanol–water partition coefficient (Wildman–Crippen LogP) is 3.57. The molecule has 1 amide bonds. The molecule has 0 radical (unpaired) electrons. The number of anilines is 1. The third-order valence-corrected chi connectivity index (χ3v) is 4.58. The summed E-state index contributed by atoms with van der Waals surface area (Å²) in [6.45, 7) is -0.551. The Balaban J connectivity index is 1.25. The number of amides is 1. The van der Waals surface area contributed by atoms with Crippen LogP contribution >= 0.6 is 0 Å². The third-order valence-electron chi connectivity index (χ3n) is 4.58. The molecule has 7 heteroatoms. The summed E-state index contributed by atoms with van der Waals surface area (Å²) in [7, 11) is 0. The molecular weight excluding hydrogens is 398 g/mol. The van der Waals surface area contributed by atoms with Crippen molar-refractivity contribution in [1.82, 2.24) is 0 Å². The maximum absolute atomic E-state index is 12.0. The van der Waals surface area contributed by atoms with Crippen molar-refractivity contribution in [3.63, 3.8) is 0 Å². The molecule has 1 heterocycles. The number of nitrogens with one attached hydrogen (secondary N) is 1. The lowest BCUT2D eigenvalue weighted by Gasteiger charge is -2.11. The van der Waals surface area contributed by atoms with E-state index < -0.39 is 18.5 Å². The normalized spacial score (nSPS) is 11.6. The SMILES string of the molecule is O=C(COC(=O)COc1ccccc1Cc1ccccc1)Nc1ccc2c(c1)OCO2. The van der Waals surface area contributed by atoms with Gasteiger partial charge in [0.05, 0.1) is 0 Å². The molecule has 4 rings (SSSR count). The Kier molecular flexibility index (Phi) is 6.32. The third kappa shape index (κ3) is 5.54. The van der Waals surface area contributed by atoms with Gasteiger partial charge in [-0.05, 0) is 29.3 Å². The van der Waals surface area contributed by atoms with Crippen molar-refractivity contribution >= 4 is 17.6 Å². The van der Waals surface area contributed by atoms with E-state index in [4.69, 9.17) is 18.9 Å². The average Bonchev–Trinajstić information content (AvgIpc) is 3.26. The number of rotatable bonds is 8. The van der Waals surface area contributed by atoms with Crippen molar-refractivity contribution in [3.05, 3.63) is 83.9 Å². The molecule has 0 aromatic heterocycles. The average molecular weight is 419 g/mol. The van der Waals surface area contributed by atoms with Gasteiger partial charge in [0.1, 0.15) is 5.75 Å².